The molecule has 4 unspecified atom stereocenters. The average Bonchev–Trinajstić information content (AvgIpc) is 3.21. The van der Waals surface area contributed by atoms with Gasteiger partial charge in [0, 0.05) is 19.1 Å². The minimum atomic E-state index is -3.81. The topological polar surface area (TPSA) is 102 Å². The van der Waals surface area contributed by atoms with Gasteiger partial charge in [-0.3, -0.25) is 4.79 Å². The lowest BCUT2D eigenvalue weighted by molar-refractivity contribution is -0.133. The largest absolute Gasteiger partial charge is 0.497 e. The fourth-order valence-electron chi connectivity index (χ4n) is 4.15. The van der Waals surface area contributed by atoms with E-state index >= 15 is 0 Å². The predicted octanol–water partition coefficient (Wildman–Crippen LogP) is 1.62. The summed E-state index contributed by atoms with van der Waals surface area (Å²) in [6.07, 6.45) is 2.05. The summed E-state index contributed by atoms with van der Waals surface area (Å²) in [5.74, 6) is 1.02. The maximum Gasteiger partial charge on any atom is 0.241 e. The second kappa shape index (κ2) is 8.98. The van der Waals surface area contributed by atoms with E-state index in [0.29, 0.717) is 30.7 Å². The highest BCUT2D eigenvalue weighted by Crippen LogP contribution is 2.37. The molecule has 3 N–H and O–H groups in total. The number of hydrogen-bond donors (Lipinski definition) is 2. The van der Waals surface area contributed by atoms with E-state index in [4.69, 9.17) is 10.5 Å². The first-order valence-corrected chi connectivity index (χ1v) is 10.9. The van der Waals surface area contributed by atoms with E-state index < -0.39 is 16.1 Å². The van der Waals surface area contributed by atoms with Crippen molar-refractivity contribution in [2.45, 2.75) is 43.7 Å². The zero-order valence-corrected chi connectivity index (χ0v) is 18.1. The monoisotopic (exact) mass is 431 g/mol. The Bertz CT molecular complexity index is 785. The van der Waals surface area contributed by atoms with Crippen LogP contribution in [-0.4, -0.2) is 51.5 Å². The molecule has 9 heteroatoms. The third-order valence-electron chi connectivity index (χ3n) is 5.81. The Morgan fingerprint density at radius 2 is 1.86 bits per heavy atom. The van der Waals surface area contributed by atoms with Crippen molar-refractivity contribution in [3.8, 4) is 5.75 Å². The molecule has 7 nitrogen and oxygen atoms in total. The molecule has 1 heterocycles. The van der Waals surface area contributed by atoms with E-state index in [1.165, 1.54) is 19.2 Å². The van der Waals surface area contributed by atoms with Gasteiger partial charge in [0.1, 0.15) is 11.8 Å². The second-order valence-corrected chi connectivity index (χ2v) is 9.64. The molecule has 3 rings (SSSR count). The number of benzene rings is 1. The Morgan fingerprint density at radius 3 is 2.39 bits per heavy atom. The lowest BCUT2D eigenvalue weighted by Crippen LogP contribution is -2.51. The zero-order chi connectivity index (χ0) is 19.8. The molecule has 0 aromatic heterocycles. The number of nitrogens with two attached hydrogens (primary N) is 1. The summed E-state index contributed by atoms with van der Waals surface area (Å²) in [5, 5.41) is 0. The van der Waals surface area contributed by atoms with Crippen molar-refractivity contribution in [2.24, 2.45) is 23.5 Å². The van der Waals surface area contributed by atoms with E-state index in [9.17, 15) is 13.2 Å². The Balaban J connectivity index is 0.00000280. The molecular weight excluding hydrogens is 402 g/mol. The molecule has 28 heavy (non-hydrogen) atoms. The number of halogens is 1. The van der Waals surface area contributed by atoms with Crippen LogP contribution in [0.5, 0.6) is 5.75 Å². The molecule has 1 aliphatic heterocycles. The van der Waals surface area contributed by atoms with Crippen molar-refractivity contribution in [1.29, 1.82) is 0 Å². The second-order valence-electron chi connectivity index (χ2n) is 7.93. The maximum atomic E-state index is 13.1. The van der Waals surface area contributed by atoms with Gasteiger partial charge >= 0.3 is 0 Å². The Kier molecular flexibility index (Phi) is 7.36. The van der Waals surface area contributed by atoms with Crippen LogP contribution in [-0.2, 0) is 14.8 Å². The number of likely N-dealkylation sites (tertiary alicyclic amines) is 1. The predicted molar refractivity (Wildman–Crippen MR) is 110 cm³/mol. The number of carbonyl (C=O) groups is 1. The van der Waals surface area contributed by atoms with Crippen LogP contribution in [0, 0.1) is 17.8 Å². The molecule has 2 fully saturated rings. The first kappa shape index (κ1) is 22.9. The SMILES string of the molecule is COc1ccc(S(=O)(=O)NC(C(=O)N2CC3CCC(N)C3C2)C(C)C)cc1.Cl. The summed E-state index contributed by atoms with van der Waals surface area (Å²) < 4.78 is 33.2. The van der Waals surface area contributed by atoms with E-state index in [1.54, 1.807) is 17.0 Å². The van der Waals surface area contributed by atoms with Crippen LogP contribution in [0.25, 0.3) is 0 Å². The van der Waals surface area contributed by atoms with E-state index in [-0.39, 0.29) is 35.2 Å². The van der Waals surface area contributed by atoms with Crippen molar-refractivity contribution in [2.75, 3.05) is 20.2 Å². The van der Waals surface area contributed by atoms with Gasteiger partial charge in [-0.25, -0.2) is 8.42 Å². The lowest BCUT2D eigenvalue weighted by Gasteiger charge is -2.27. The third kappa shape index (κ3) is 4.62. The molecule has 0 radical (unpaired) electrons. The minimum absolute atomic E-state index is 0. The molecule has 1 aromatic rings. The summed E-state index contributed by atoms with van der Waals surface area (Å²) in [6.45, 7) is 4.99. The van der Waals surface area contributed by atoms with Crippen LogP contribution in [0.3, 0.4) is 0 Å². The molecule has 0 spiro atoms. The number of methoxy groups -OCH3 is 1. The highest BCUT2D eigenvalue weighted by molar-refractivity contribution is 7.89. The quantitative estimate of drug-likeness (QED) is 0.712. The molecule has 1 saturated heterocycles. The van der Waals surface area contributed by atoms with Crippen LogP contribution in [0.1, 0.15) is 26.7 Å². The number of sulfonamides is 1. The van der Waals surface area contributed by atoms with Crippen LogP contribution in [0.4, 0.5) is 0 Å². The maximum absolute atomic E-state index is 13.1. The van der Waals surface area contributed by atoms with Crippen molar-refractivity contribution in [1.82, 2.24) is 9.62 Å². The van der Waals surface area contributed by atoms with Gasteiger partial charge in [0.25, 0.3) is 0 Å². The molecule has 0 bridgehead atoms. The van der Waals surface area contributed by atoms with Gasteiger partial charge in [-0.1, -0.05) is 13.8 Å². The van der Waals surface area contributed by atoms with E-state index in [1.807, 2.05) is 13.8 Å². The van der Waals surface area contributed by atoms with Gasteiger partial charge < -0.3 is 15.4 Å². The van der Waals surface area contributed by atoms with Gasteiger partial charge in [-0.15, -0.1) is 12.4 Å². The minimum Gasteiger partial charge on any atom is -0.497 e. The number of rotatable bonds is 6. The molecule has 1 amide bonds. The number of amides is 1. The summed E-state index contributed by atoms with van der Waals surface area (Å²) in [6, 6.07) is 5.46. The number of ether oxygens (including phenoxy) is 1. The van der Waals surface area contributed by atoms with Gasteiger partial charge in [0.15, 0.2) is 0 Å². The number of fused-ring (bicyclic) bond motifs is 1. The van der Waals surface area contributed by atoms with Crippen molar-refractivity contribution >= 4 is 28.3 Å². The van der Waals surface area contributed by atoms with E-state index in [0.717, 1.165) is 12.8 Å². The van der Waals surface area contributed by atoms with Crippen LogP contribution < -0.4 is 15.2 Å². The Morgan fingerprint density at radius 1 is 1.21 bits per heavy atom. The Labute approximate surface area is 173 Å². The smallest absolute Gasteiger partial charge is 0.241 e. The van der Waals surface area contributed by atoms with Crippen LogP contribution in [0.2, 0.25) is 0 Å². The molecule has 4 atom stereocenters. The van der Waals surface area contributed by atoms with Gasteiger partial charge in [0.2, 0.25) is 15.9 Å². The van der Waals surface area contributed by atoms with Crippen molar-refractivity contribution in [3.63, 3.8) is 0 Å². The Hall–Kier alpha value is -1.35. The molecule has 1 aromatic carbocycles. The van der Waals surface area contributed by atoms with Gasteiger partial charge in [-0.2, -0.15) is 4.72 Å². The lowest BCUT2D eigenvalue weighted by atomic mass is 9.98. The van der Waals surface area contributed by atoms with E-state index in [2.05, 4.69) is 4.72 Å². The molecular formula is C19H30ClN3O4S. The molecule has 2 aliphatic rings. The van der Waals surface area contributed by atoms with Crippen LogP contribution >= 0.6 is 12.4 Å². The average molecular weight is 432 g/mol. The fraction of sp³-hybridized carbons (Fsp3) is 0.632. The van der Waals surface area contributed by atoms with Gasteiger partial charge in [0.05, 0.1) is 12.0 Å². The summed E-state index contributed by atoms with van der Waals surface area (Å²) >= 11 is 0. The summed E-state index contributed by atoms with van der Waals surface area (Å²) in [5.41, 5.74) is 6.16. The summed E-state index contributed by atoms with van der Waals surface area (Å²) in [4.78, 5) is 15.0. The van der Waals surface area contributed by atoms with Crippen molar-refractivity contribution < 1.29 is 17.9 Å². The number of carbonyl (C=O) groups excluding carboxylic acids is 1. The molecule has 1 saturated carbocycles. The molecule has 1 aliphatic carbocycles. The number of hydrogen-bond acceptors (Lipinski definition) is 5. The standard InChI is InChI=1S/C19H29N3O4S.ClH/c1-12(2)18(19(23)22-10-13-4-9-17(20)16(13)11-22)21-27(24,25)15-7-5-14(26-3)6-8-15;/h5-8,12-13,16-18,21H,4,9-11,20H2,1-3H3;1H. The highest BCUT2D eigenvalue weighted by Gasteiger charge is 2.44. The highest BCUT2D eigenvalue weighted by atomic mass is 35.5. The normalized spacial score (nSPS) is 25.3. The zero-order valence-electron chi connectivity index (χ0n) is 16.5. The first-order valence-electron chi connectivity index (χ1n) is 9.43. The van der Waals surface area contributed by atoms with Crippen LogP contribution in [0.15, 0.2) is 29.2 Å². The number of nitrogens with zero attached hydrogens (tertiary/aromatic N) is 1. The summed E-state index contributed by atoms with van der Waals surface area (Å²) in [7, 11) is -2.29. The third-order valence-corrected chi connectivity index (χ3v) is 7.27. The fourth-order valence-corrected chi connectivity index (χ4v) is 5.48. The first-order chi connectivity index (χ1) is 12.7. The van der Waals surface area contributed by atoms with Crippen molar-refractivity contribution in [3.05, 3.63) is 24.3 Å². The molecule has 158 valence electrons. The number of nitrogens with one attached hydrogen (secondary N) is 1. The van der Waals surface area contributed by atoms with Gasteiger partial charge in [-0.05, 0) is 54.9 Å².